The minimum absolute atomic E-state index is 0.184. The van der Waals surface area contributed by atoms with Gasteiger partial charge in [-0.15, -0.1) is 0 Å². The van der Waals surface area contributed by atoms with Gasteiger partial charge in [0.1, 0.15) is 5.75 Å². The van der Waals surface area contributed by atoms with Crippen molar-refractivity contribution in [2.45, 2.75) is 26.3 Å². The smallest absolute Gasteiger partial charge is 0.234 e. The van der Waals surface area contributed by atoms with Crippen LogP contribution in [0.5, 0.6) is 5.75 Å². The van der Waals surface area contributed by atoms with Crippen molar-refractivity contribution in [3.63, 3.8) is 0 Å². The Labute approximate surface area is 129 Å². The number of ether oxygens (including phenoxy) is 2. The standard InChI is InChI=1S/C15H21ClN2O3/c1-3-6-21-12-5-4-10(16)7-11(12)18-14(19)15(2)9-20-8-13(15)17/h4-5,7,13H,3,6,8-9,17H2,1-2H3,(H,18,19). The zero-order valence-corrected chi connectivity index (χ0v) is 13.1. The first-order valence-corrected chi connectivity index (χ1v) is 7.42. The third kappa shape index (κ3) is 3.48. The van der Waals surface area contributed by atoms with Crippen LogP contribution in [0.4, 0.5) is 5.69 Å². The van der Waals surface area contributed by atoms with Gasteiger partial charge in [-0.1, -0.05) is 18.5 Å². The summed E-state index contributed by atoms with van der Waals surface area (Å²) in [6, 6.07) is 4.83. The van der Waals surface area contributed by atoms with Crippen LogP contribution in [0.15, 0.2) is 18.2 Å². The van der Waals surface area contributed by atoms with Crippen LogP contribution in [0, 0.1) is 5.41 Å². The Balaban J connectivity index is 2.18. The summed E-state index contributed by atoms with van der Waals surface area (Å²) in [4.78, 5) is 12.5. The van der Waals surface area contributed by atoms with Gasteiger partial charge in [-0.05, 0) is 31.5 Å². The van der Waals surface area contributed by atoms with Crippen LogP contribution in [-0.4, -0.2) is 31.8 Å². The maximum absolute atomic E-state index is 12.5. The number of carbonyl (C=O) groups is 1. The second kappa shape index (κ2) is 6.64. The van der Waals surface area contributed by atoms with Gasteiger partial charge in [0, 0.05) is 11.1 Å². The van der Waals surface area contributed by atoms with Crippen molar-refractivity contribution >= 4 is 23.2 Å². The van der Waals surface area contributed by atoms with E-state index in [1.165, 1.54) is 0 Å². The van der Waals surface area contributed by atoms with E-state index in [9.17, 15) is 4.79 Å². The number of nitrogens with one attached hydrogen (secondary N) is 1. The van der Waals surface area contributed by atoms with Crippen LogP contribution in [0.3, 0.4) is 0 Å². The molecular formula is C15H21ClN2O3. The van der Waals surface area contributed by atoms with Crippen LogP contribution in [-0.2, 0) is 9.53 Å². The largest absolute Gasteiger partial charge is 0.491 e. The maximum Gasteiger partial charge on any atom is 0.234 e. The molecular weight excluding hydrogens is 292 g/mol. The molecule has 0 bridgehead atoms. The number of carbonyl (C=O) groups excluding carboxylic acids is 1. The van der Waals surface area contributed by atoms with Gasteiger partial charge >= 0.3 is 0 Å². The van der Waals surface area contributed by atoms with Crippen LogP contribution in [0.25, 0.3) is 0 Å². The number of amides is 1. The number of hydrogen-bond acceptors (Lipinski definition) is 4. The van der Waals surface area contributed by atoms with Gasteiger partial charge in [0.05, 0.1) is 30.9 Å². The Bertz CT molecular complexity index is 524. The van der Waals surface area contributed by atoms with Crippen LogP contribution in [0.2, 0.25) is 5.02 Å². The Morgan fingerprint density at radius 3 is 3.00 bits per heavy atom. The molecule has 1 aromatic rings. The summed E-state index contributed by atoms with van der Waals surface area (Å²) in [7, 11) is 0. The molecule has 1 saturated heterocycles. The Hall–Kier alpha value is -1.30. The molecule has 1 aliphatic heterocycles. The summed E-state index contributed by atoms with van der Waals surface area (Å²) in [5.41, 5.74) is 5.78. The first-order valence-electron chi connectivity index (χ1n) is 7.04. The van der Waals surface area contributed by atoms with Crippen LogP contribution >= 0.6 is 11.6 Å². The fraction of sp³-hybridized carbons (Fsp3) is 0.533. The van der Waals surface area contributed by atoms with Gasteiger partial charge in [-0.3, -0.25) is 4.79 Å². The summed E-state index contributed by atoms with van der Waals surface area (Å²) >= 11 is 6.00. The average Bonchev–Trinajstić information content (AvgIpc) is 2.79. The molecule has 6 heteroatoms. The highest BCUT2D eigenvalue weighted by Gasteiger charge is 2.44. The van der Waals surface area contributed by atoms with Crippen molar-refractivity contribution in [3.05, 3.63) is 23.2 Å². The molecule has 1 fully saturated rings. The van der Waals surface area contributed by atoms with E-state index in [0.29, 0.717) is 36.3 Å². The number of rotatable bonds is 5. The van der Waals surface area contributed by atoms with Gasteiger partial charge in [0.2, 0.25) is 5.91 Å². The Morgan fingerprint density at radius 2 is 2.38 bits per heavy atom. The maximum atomic E-state index is 12.5. The zero-order chi connectivity index (χ0) is 15.5. The van der Waals surface area contributed by atoms with Gasteiger partial charge in [0.15, 0.2) is 0 Å². The summed E-state index contributed by atoms with van der Waals surface area (Å²) in [6.07, 6.45) is 0.881. The van der Waals surface area contributed by atoms with Gasteiger partial charge in [-0.25, -0.2) is 0 Å². The van der Waals surface area contributed by atoms with Crippen molar-refractivity contribution in [1.82, 2.24) is 0 Å². The van der Waals surface area contributed by atoms with E-state index in [1.54, 1.807) is 25.1 Å². The molecule has 3 N–H and O–H groups in total. The van der Waals surface area contributed by atoms with E-state index in [2.05, 4.69) is 5.32 Å². The lowest BCUT2D eigenvalue weighted by molar-refractivity contribution is -0.125. The van der Waals surface area contributed by atoms with E-state index in [-0.39, 0.29) is 11.9 Å². The first-order chi connectivity index (χ1) is 9.97. The van der Waals surface area contributed by atoms with E-state index in [4.69, 9.17) is 26.8 Å². The SMILES string of the molecule is CCCOc1ccc(Cl)cc1NC(=O)C1(C)COCC1N. The molecule has 0 radical (unpaired) electrons. The molecule has 0 aromatic heterocycles. The van der Waals surface area contributed by atoms with Gasteiger partial charge < -0.3 is 20.5 Å². The number of nitrogens with two attached hydrogens (primary N) is 1. The molecule has 5 nitrogen and oxygen atoms in total. The molecule has 1 aromatic carbocycles. The lowest BCUT2D eigenvalue weighted by Gasteiger charge is -2.26. The molecule has 2 unspecified atom stereocenters. The van der Waals surface area contributed by atoms with E-state index < -0.39 is 5.41 Å². The number of benzene rings is 1. The van der Waals surface area contributed by atoms with Crippen LogP contribution < -0.4 is 15.8 Å². The number of halogens is 1. The molecule has 1 aliphatic rings. The first kappa shape index (κ1) is 16.1. The highest BCUT2D eigenvalue weighted by Crippen LogP contribution is 2.33. The van der Waals surface area contributed by atoms with E-state index in [0.717, 1.165) is 6.42 Å². The average molecular weight is 313 g/mol. The van der Waals surface area contributed by atoms with Crippen molar-refractivity contribution in [3.8, 4) is 5.75 Å². The van der Waals surface area contributed by atoms with Crippen LogP contribution in [0.1, 0.15) is 20.3 Å². The molecule has 0 spiro atoms. The third-order valence-electron chi connectivity index (χ3n) is 3.69. The fourth-order valence-corrected chi connectivity index (χ4v) is 2.30. The fourth-order valence-electron chi connectivity index (χ4n) is 2.13. The highest BCUT2D eigenvalue weighted by atomic mass is 35.5. The predicted molar refractivity (Wildman–Crippen MR) is 82.8 cm³/mol. The molecule has 21 heavy (non-hydrogen) atoms. The predicted octanol–water partition coefficient (Wildman–Crippen LogP) is 2.43. The normalized spacial score (nSPS) is 24.9. The number of anilines is 1. The minimum atomic E-state index is -0.746. The third-order valence-corrected chi connectivity index (χ3v) is 3.92. The topological polar surface area (TPSA) is 73.6 Å². The number of hydrogen-bond donors (Lipinski definition) is 2. The van der Waals surface area contributed by atoms with Crippen molar-refractivity contribution in [2.75, 3.05) is 25.1 Å². The summed E-state index contributed by atoms with van der Waals surface area (Å²) in [5, 5.41) is 3.40. The Kier molecular flexibility index (Phi) is 5.08. The van der Waals surface area contributed by atoms with Gasteiger partial charge in [-0.2, -0.15) is 0 Å². The van der Waals surface area contributed by atoms with E-state index >= 15 is 0 Å². The summed E-state index contributed by atoms with van der Waals surface area (Å²) in [6.45, 7) is 5.09. The Morgan fingerprint density at radius 1 is 1.62 bits per heavy atom. The molecule has 1 heterocycles. The quantitative estimate of drug-likeness (QED) is 0.875. The summed E-state index contributed by atoms with van der Waals surface area (Å²) in [5.74, 6) is 0.418. The lowest BCUT2D eigenvalue weighted by atomic mass is 9.85. The van der Waals surface area contributed by atoms with Gasteiger partial charge in [0.25, 0.3) is 0 Å². The van der Waals surface area contributed by atoms with Crippen molar-refractivity contribution in [1.29, 1.82) is 0 Å². The second-order valence-electron chi connectivity index (χ2n) is 5.48. The zero-order valence-electron chi connectivity index (χ0n) is 12.3. The second-order valence-corrected chi connectivity index (χ2v) is 5.92. The lowest BCUT2D eigenvalue weighted by Crippen LogP contribution is -2.47. The molecule has 116 valence electrons. The summed E-state index contributed by atoms with van der Waals surface area (Å²) < 4.78 is 10.9. The minimum Gasteiger partial charge on any atom is -0.491 e. The molecule has 2 rings (SSSR count). The monoisotopic (exact) mass is 312 g/mol. The molecule has 0 aliphatic carbocycles. The molecule has 0 saturated carbocycles. The molecule has 1 amide bonds. The van der Waals surface area contributed by atoms with E-state index in [1.807, 2.05) is 6.92 Å². The molecule has 2 atom stereocenters. The van der Waals surface area contributed by atoms with Crippen molar-refractivity contribution < 1.29 is 14.3 Å². The highest BCUT2D eigenvalue weighted by molar-refractivity contribution is 6.31. The van der Waals surface area contributed by atoms with Crippen molar-refractivity contribution in [2.24, 2.45) is 11.1 Å².